The maximum absolute atomic E-state index is 12.4. The van der Waals surface area contributed by atoms with E-state index in [2.05, 4.69) is 26.1 Å². The van der Waals surface area contributed by atoms with Gasteiger partial charge in [0.1, 0.15) is 0 Å². The molecular formula is C15H28N2O2. The van der Waals surface area contributed by atoms with Crippen molar-refractivity contribution in [2.75, 3.05) is 6.61 Å². The van der Waals surface area contributed by atoms with E-state index in [0.717, 1.165) is 38.7 Å². The number of carbonyl (C=O) groups is 1. The molecule has 0 spiro atoms. The maximum atomic E-state index is 12.4. The van der Waals surface area contributed by atoms with E-state index in [4.69, 9.17) is 10.5 Å². The van der Waals surface area contributed by atoms with Crippen LogP contribution in [-0.4, -0.2) is 30.2 Å². The number of amides is 1. The van der Waals surface area contributed by atoms with E-state index < -0.39 is 0 Å². The number of hydrogen-bond acceptors (Lipinski definition) is 3. The number of hydrogen-bond donors (Lipinski definition) is 2. The van der Waals surface area contributed by atoms with Crippen LogP contribution in [0.25, 0.3) is 0 Å². The monoisotopic (exact) mass is 268 g/mol. The second kappa shape index (κ2) is 5.80. The predicted octanol–water partition coefficient (Wildman–Crippen LogP) is 1.82. The van der Waals surface area contributed by atoms with Crippen LogP contribution < -0.4 is 11.1 Å². The maximum Gasteiger partial charge on any atom is 0.223 e. The minimum absolute atomic E-state index is 0.0923. The van der Waals surface area contributed by atoms with E-state index in [1.165, 1.54) is 0 Å². The van der Waals surface area contributed by atoms with Crippen molar-refractivity contribution >= 4 is 5.91 Å². The van der Waals surface area contributed by atoms with Gasteiger partial charge in [0, 0.05) is 24.6 Å². The molecule has 4 nitrogen and oxygen atoms in total. The van der Waals surface area contributed by atoms with Gasteiger partial charge < -0.3 is 15.8 Å². The Morgan fingerprint density at radius 2 is 2.05 bits per heavy atom. The van der Waals surface area contributed by atoms with Crippen LogP contribution in [0.5, 0.6) is 0 Å². The van der Waals surface area contributed by atoms with Crippen molar-refractivity contribution in [3.8, 4) is 0 Å². The number of nitrogens with one attached hydrogen (secondary N) is 1. The van der Waals surface area contributed by atoms with E-state index in [0.29, 0.717) is 5.92 Å². The van der Waals surface area contributed by atoms with E-state index >= 15 is 0 Å². The van der Waals surface area contributed by atoms with Crippen molar-refractivity contribution < 1.29 is 9.53 Å². The SMILES string of the molecule is CC1CCC(N)CC1C(=O)NC1CCOC(C)(C)C1. The van der Waals surface area contributed by atoms with E-state index in [1.807, 2.05) is 0 Å². The van der Waals surface area contributed by atoms with Gasteiger partial charge in [-0.15, -0.1) is 0 Å². The second-order valence-corrected chi connectivity index (χ2v) is 6.96. The lowest BCUT2D eigenvalue weighted by Crippen LogP contribution is -2.49. The molecule has 4 unspecified atom stereocenters. The zero-order valence-corrected chi connectivity index (χ0v) is 12.4. The summed E-state index contributed by atoms with van der Waals surface area (Å²) in [5.74, 6) is 0.743. The summed E-state index contributed by atoms with van der Waals surface area (Å²) in [4.78, 5) is 12.4. The van der Waals surface area contributed by atoms with Crippen LogP contribution in [-0.2, 0) is 9.53 Å². The minimum atomic E-state index is -0.120. The molecule has 1 saturated carbocycles. The number of carbonyl (C=O) groups excluding carboxylic acids is 1. The highest BCUT2D eigenvalue weighted by molar-refractivity contribution is 5.79. The first-order chi connectivity index (χ1) is 8.87. The summed E-state index contributed by atoms with van der Waals surface area (Å²) in [6, 6.07) is 0.444. The Labute approximate surface area is 116 Å². The van der Waals surface area contributed by atoms with Crippen molar-refractivity contribution in [1.82, 2.24) is 5.32 Å². The third-order valence-electron chi connectivity index (χ3n) is 4.62. The van der Waals surface area contributed by atoms with Gasteiger partial charge in [-0.3, -0.25) is 4.79 Å². The largest absolute Gasteiger partial charge is 0.375 e. The van der Waals surface area contributed by atoms with E-state index in [-0.39, 0.29) is 29.5 Å². The molecule has 4 atom stereocenters. The van der Waals surface area contributed by atoms with Crippen LogP contribution in [0.15, 0.2) is 0 Å². The van der Waals surface area contributed by atoms with Crippen LogP contribution >= 0.6 is 0 Å². The fourth-order valence-corrected chi connectivity index (χ4v) is 3.38. The summed E-state index contributed by atoms with van der Waals surface area (Å²) in [6.45, 7) is 7.08. The Bertz CT molecular complexity index is 330. The van der Waals surface area contributed by atoms with Gasteiger partial charge in [-0.2, -0.15) is 0 Å². The van der Waals surface area contributed by atoms with Crippen LogP contribution in [0.2, 0.25) is 0 Å². The van der Waals surface area contributed by atoms with E-state index in [1.54, 1.807) is 0 Å². The molecule has 0 radical (unpaired) electrons. The van der Waals surface area contributed by atoms with Crippen LogP contribution in [0, 0.1) is 11.8 Å². The lowest BCUT2D eigenvalue weighted by atomic mass is 9.77. The van der Waals surface area contributed by atoms with Crippen molar-refractivity contribution in [1.29, 1.82) is 0 Å². The number of rotatable bonds is 2. The molecule has 110 valence electrons. The van der Waals surface area contributed by atoms with Crippen molar-refractivity contribution in [2.45, 2.75) is 70.6 Å². The van der Waals surface area contributed by atoms with Crippen molar-refractivity contribution in [2.24, 2.45) is 17.6 Å². The number of nitrogens with two attached hydrogens (primary N) is 1. The highest BCUT2D eigenvalue weighted by Crippen LogP contribution is 2.30. The van der Waals surface area contributed by atoms with Gasteiger partial charge in [-0.05, 0) is 51.9 Å². The molecule has 4 heteroatoms. The lowest BCUT2D eigenvalue weighted by Gasteiger charge is -2.38. The smallest absolute Gasteiger partial charge is 0.223 e. The zero-order chi connectivity index (χ0) is 14.0. The molecule has 1 aliphatic carbocycles. The normalized spacial score (nSPS) is 38.7. The summed E-state index contributed by atoms with van der Waals surface area (Å²) in [5, 5.41) is 3.22. The molecule has 19 heavy (non-hydrogen) atoms. The minimum Gasteiger partial charge on any atom is -0.375 e. The molecule has 0 aromatic rings. The highest BCUT2D eigenvalue weighted by atomic mass is 16.5. The molecule has 1 aliphatic heterocycles. The molecule has 1 heterocycles. The first kappa shape index (κ1) is 14.8. The Hall–Kier alpha value is -0.610. The summed E-state index contributed by atoms with van der Waals surface area (Å²) in [5.41, 5.74) is 5.88. The zero-order valence-electron chi connectivity index (χ0n) is 12.4. The van der Waals surface area contributed by atoms with Crippen LogP contribution in [0.4, 0.5) is 0 Å². The van der Waals surface area contributed by atoms with Gasteiger partial charge in [0.05, 0.1) is 5.60 Å². The molecule has 0 aromatic heterocycles. The summed E-state index contributed by atoms with van der Waals surface area (Å²) < 4.78 is 5.69. The van der Waals surface area contributed by atoms with Gasteiger partial charge in [0.15, 0.2) is 0 Å². The third-order valence-corrected chi connectivity index (χ3v) is 4.62. The Balaban J connectivity index is 1.89. The molecule has 2 rings (SSSR count). The van der Waals surface area contributed by atoms with Crippen LogP contribution in [0.3, 0.4) is 0 Å². The first-order valence-electron chi connectivity index (χ1n) is 7.57. The van der Waals surface area contributed by atoms with Gasteiger partial charge in [-0.25, -0.2) is 0 Å². The standard InChI is InChI=1S/C15H28N2O2/c1-10-4-5-11(16)8-13(10)14(18)17-12-6-7-19-15(2,3)9-12/h10-13H,4-9,16H2,1-3H3,(H,17,18). The Kier molecular flexibility index (Phi) is 4.51. The summed E-state index contributed by atoms with van der Waals surface area (Å²) >= 11 is 0. The van der Waals surface area contributed by atoms with Crippen molar-refractivity contribution in [3.05, 3.63) is 0 Å². The topological polar surface area (TPSA) is 64.4 Å². The molecule has 0 bridgehead atoms. The van der Waals surface area contributed by atoms with Crippen molar-refractivity contribution in [3.63, 3.8) is 0 Å². The average Bonchev–Trinajstić information content (AvgIpc) is 2.31. The quantitative estimate of drug-likeness (QED) is 0.803. The Morgan fingerprint density at radius 1 is 1.32 bits per heavy atom. The van der Waals surface area contributed by atoms with Crippen LogP contribution in [0.1, 0.15) is 52.9 Å². The van der Waals surface area contributed by atoms with Gasteiger partial charge >= 0.3 is 0 Å². The molecule has 3 N–H and O–H groups in total. The average molecular weight is 268 g/mol. The predicted molar refractivity (Wildman–Crippen MR) is 75.7 cm³/mol. The third kappa shape index (κ3) is 3.93. The van der Waals surface area contributed by atoms with E-state index in [9.17, 15) is 4.79 Å². The summed E-state index contributed by atoms with van der Waals surface area (Å²) in [6.07, 6.45) is 4.77. The molecule has 2 fully saturated rings. The Morgan fingerprint density at radius 3 is 2.74 bits per heavy atom. The summed E-state index contributed by atoms with van der Waals surface area (Å²) in [7, 11) is 0. The molecular weight excluding hydrogens is 240 g/mol. The highest BCUT2D eigenvalue weighted by Gasteiger charge is 2.34. The van der Waals surface area contributed by atoms with Gasteiger partial charge in [0.2, 0.25) is 5.91 Å². The van der Waals surface area contributed by atoms with Gasteiger partial charge in [0.25, 0.3) is 0 Å². The molecule has 0 aromatic carbocycles. The van der Waals surface area contributed by atoms with Gasteiger partial charge in [-0.1, -0.05) is 6.92 Å². The molecule has 1 amide bonds. The lowest BCUT2D eigenvalue weighted by molar-refractivity contribution is -0.130. The molecule has 1 saturated heterocycles. The molecule has 2 aliphatic rings. The first-order valence-corrected chi connectivity index (χ1v) is 7.57. The second-order valence-electron chi connectivity index (χ2n) is 6.96. The fourth-order valence-electron chi connectivity index (χ4n) is 3.38. The number of ether oxygens (including phenoxy) is 1. The fraction of sp³-hybridized carbons (Fsp3) is 0.933.